The standard InChI is InChI=1S/C15H15NO3S/c1-20-15-5-3-2-4-13(15)14(17)10-11-6-8-12(9-7-11)16(18)19/h2-9,14,17H,10H2,1H3/t14-/m0/s1. The van der Waals surface area contributed by atoms with Crippen LogP contribution in [0.25, 0.3) is 0 Å². The van der Waals surface area contributed by atoms with Gasteiger partial charge in [0.2, 0.25) is 0 Å². The van der Waals surface area contributed by atoms with E-state index >= 15 is 0 Å². The largest absolute Gasteiger partial charge is 0.388 e. The lowest BCUT2D eigenvalue weighted by atomic mass is 10.0. The maximum Gasteiger partial charge on any atom is 0.269 e. The Labute approximate surface area is 121 Å². The molecule has 0 saturated carbocycles. The lowest BCUT2D eigenvalue weighted by Crippen LogP contribution is -2.03. The predicted molar refractivity (Wildman–Crippen MR) is 80.0 cm³/mol. The van der Waals surface area contributed by atoms with Crippen LogP contribution in [0.5, 0.6) is 0 Å². The van der Waals surface area contributed by atoms with Crippen molar-refractivity contribution in [2.75, 3.05) is 6.26 Å². The van der Waals surface area contributed by atoms with E-state index in [-0.39, 0.29) is 5.69 Å². The van der Waals surface area contributed by atoms with E-state index in [0.29, 0.717) is 6.42 Å². The molecule has 0 aliphatic heterocycles. The molecule has 0 aliphatic rings. The molecule has 1 N–H and O–H groups in total. The van der Waals surface area contributed by atoms with E-state index < -0.39 is 11.0 Å². The number of thioether (sulfide) groups is 1. The SMILES string of the molecule is CSc1ccccc1[C@@H](O)Cc1ccc([N+](=O)[O-])cc1. The first-order valence-corrected chi connectivity index (χ1v) is 7.38. The first-order chi connectivity index (χ1) is 9.61. The Bertz CT molecular complexity index is 598. The lowest BCUT2D eigenvalue weighted by molar-refractivity contribution is -0.384. The summed E-state index contributed by atoms with van der Waals surface area (Å²) in [6.07, 6.45) is 1.80. The van der Waals surface area contributed by atoms with Crippen molar-refractivity contribution in [3.05, 3.63) is 69.8 Å². The summed E-state index contributed by atoms with van der Waals surface area (Å²) >= 11 is 1.59. The molecular weight excluding hydrogens is 274 g/mol. The highest BCUT2D eigenvalue weighted by atomic mass is 32.2. The summed E-state index contributed by atoms with van der Waals surface area (Å²) in [5.41, 5.74) is 1.82. The fraction of sp³-hybridized carbons (Fsp3) is 0.200. The normalized spacial score (nSPS) is 12.1. The number of aliphatic hydroxyl groups is 1. The summed E-state index contributed by atoms with van der Waals surface area (Å²) in [5, 5.41) is 20.9. The van der Waals surface area contributed by atoms with E-state index in [4.69, 9.17) is 0 Å². The van der Waals surface area contributed by atoms with Crippen molar-refractivity contribution in [3.8, 4) is 0 Å². The smallest absolute Gasteiger partial charge is 0.269 e. The minimum absolute atomic E-state index is 0.0627. The summed E-state index contributed by atoms with van der Waals surface area (Å²) in [5.74, 6) is 0. The second-order valence-corrected chi connectivity index (χ2v) is 5.23. The van der Waals surface area contributed by atoms with Gasteiger partial charge in [-0.2, -0.15) is 0 Å². The summed E-state index contributed by atoms with van der Waals surface area (Å²) in [4.78, 5) is 11.2. The van der Waals surface area contributed by atoms with Gasteiger partial charge in [0.25, 0.3) is 5.69 Å². The van der Waals surface area contributed by atoms with Crippen LogP contribution < -0.4 is 0 Å². The van der Waals surface area contributed by atoms with Crippen LogP contribution in [-0.4, -0.2) is 16.3 Å². The van der Waals surface area contributed by atoms with E-state index in [9.17, 15) is 15.2 Å². The number of nitro benzene ring substituents is 1. The van der Waals surface area contributed by atoms with E-state index in [1.54, 1.807) is 23.9 Å². The van der Waals surface area contributed by atoms with Gasteiger partial charge >= 0.3 is 0 Å². The molecular formula is C15H15NO3S. The number of hydrogen-bond donors (Lipinski definition) is 1. The number of aliphatic hydroxyl groups excluding tert-OH is 1. The maximum atomic E-state index is 10.6. The van der Waals surface area contributed by atoms with Gasteiger partial charge < -0.3 is 5.11 Å². The first kappa shape index (κ1) is 14.6. The first-order valence-electron chi connectivity index (χ1n) is 6.16. The van der Waals surface area contributed by atoms with Gasteiger partial charge in [-0.3, -0.25) is 10.1 Å². The van der Waals surface area contributed by atoms with Crippen LogP contribution in [0.15, 0.2) is 53.4 Å². The molecule has 0 unspecified atom stereocenters. The highest BCUT2D eigenvalue weighted by Crippen LogP contribution is 2.28. The zero-order valence-electron chi connectivity index (χ0n) is 11.0. The zero-order valence-corrected chi connectivity index (χ0v) is 11.8. The molecule has 2 aromatic rings. The van der Waals surface area contributed by atoms with Gasteiger partial charge in [-0.25, -0.2) is 0 Å². The molecule has 104 valence electrons. The second-order valence-electron chi connectivity index (χ2n) is 4.39. The summed E-state index contributed by atoms with van der Waals surface area (Å²) in [7, 11) is 0. The summed E-state index contributed by atoms with van der Waals surface area (Å²) in [6.45, 7) is 0. The zero-order chi connectivity index (χ0) is 14.5. The molecule has 5 heteroatoms. The van der Waals surface area contributed by atoms with Crippen molar-refractivity contribution in [2.45, 2.75) is 17.4 Å². The average Bonchev–Trinajstić information content (AvgIpc) is 2.47. The Kier molecular flexibility index (Phi) is 4.76. The molecule has 0 saturated heterocycles. The number of nitrogens with zero attached hydrogens (tertiary/aromatic N) is 1. The molecule has 2 aromatic carbocycles. The Morgan fingerprint density at radius 2 is 1.85 bits per heavy atom. The Hall–Kier alpha value is -1.85. The van der Waals surface area contributed by atoms with Crippen LogP contribution in [0.3, 0.4) is 0 Å². The fourth-order valence-electron chi connectivity index (χ4n) is 2.03. The Balaban J connectivity index is 2.14. The molecule has 0 bridgehead atoms. The topological polar surface area (TPSA) is 63.4 Å². The van der Waals surface area contributed by atoms with E-state index in [1.807, 2.05) is 30.5 Å². The number of rotatable bonds is 5. The molecule has 0 fully saturated rings. The molecule has 20 heavy (non-hydrogen) atoms. The van der Waals surface area contributed by atoms with Gasteiger partial charge in [0, 0.05) is 23.4 Å². The van der Waals surface area contributed by atoms with Crippen molar-refractivity contribution in [1.82, 2.24) is 0 Å². The summed E-state index contributed by atoms with van der Waals surface area (Å²) < 4.78 is 0. The molecule has 4 nitrogen and oxygen atoms in total. The summed E-state index contributed by atoms with van der Waals surface area (Å²) in [6, 6.07) is 14.0. The third kappa shape index (κ3) is 3.37. The quantitative estimate of drug-likeness (QED) is 0.519. The van der Waals surface area contributed by atoms with Crippen molar-refractivity contribution < 1.29 is 10.0 Å². The van der Waals surface area contributed by atoms with E-state index in [2.05, 4.69) is 0 Å². The molecule has 0 spiro atoms. The van der Waals surface area contributed by atoms with Gasteiger partial charge in [-0.15, -0.1) is 11.8 Å². The van der Waals surface area contributed by atoms with E-state index in [0.717, 1.165) is 16.0 Å². The fourth-order valence-corrected chi connectivity index (χ4v) is 2.68. The third-order valence-corrected chi connectivity index (χ3v) is 3.89. The highest BCUT2D eigenvalue weighted by molar-refractivity contribution is 7.98. The Morgan fingerprint density at radius 1 is 1.20 bits per heavy atom. The van der Waals surface area contributed by atoms with Crippen LogP contribution in [-0.2, 0) is 6.42 Å². The molecule has 1 atom stereocenters. The maximum absolute atomic E-state index is 10.6. The molecule has 0 aliphatic carbocycles. The van der Waals surface area contributed by atoms with Crippen LogP contribution in [0, 0.1) is 10.1 Å². The van der Waals surface area contributed by atoms with Gasteiger partial charge in [-0.1, -0.05) is 30.3 Å². The Morgan fingerprint density at radius 3 is 2.45 bits per heavy atom. The van der Waals surface area contributed by atoms with Crippen LogP contribution in [0.4, 0.5) is 5.69 Å². The van der Waals surface area contributed by atoms with E-state index in [1.165, 1.54) is 12.1 Å². The van der Waals surface area contributed by atoms with Gasteiger partial charge in [-0.05, 0) is 23.4 Å². The highest BCUT2D eigenvalue weighted by Gasteiger charge is 2.13. The van der Waals surface area contributed by atoms with Crippen molar-refractivity contribution in [2.24, 2.45) is 0 Å². The minimum atomic E-state index is -0.611. The minimum Gasteiger partial charge on any atom is -0.388 e. The van der Waals surface area contributed by atoms with Crippen LogP contribution in [0.1, 0.15) is 17.2 Å². The number of benzene rings is 2. The van der Waals surface area contributed by atoms with Gasteiger partial charge in [0.05, 0.1) is 11.0 Å². The molecule has 0 heterocycles. The van der Waals surface area contributed by atoms with Crippen molar-refractivity contribution in [3.63, 3.8) is 0 Å². The number of non-ortho nitro benzene ring substituents is 1. The lowest BCUT2D eigenvalue weighted by Gasteiger charge is -2.14. The third-order valence-electron chi connectivity index (χ3n) is 3.07. The molecule has 2 rings (SSSR count). The van der Waals surface area contributed by atoms with Crippen molar-refractivity contribution >= 4 is 17.4 Å². The number of nitro groups is 1. The molecule has 0 amide bonds. The monoisotopic (exact) mass is 289 g/mol. The van der Waals surface area contributed by atoms with Gasteiger partial charge in [0.15, 0.2) is 0 Å². The predicted octanol–water partition coefficient (Wildman–Crippen LogP) is 3.59. The van der Waals surface area contributed by atoms with Crippen LogP contribution >= 0.6 is 11.8 Å². The number of hydrogen-bond acceptors (Lipinski definition) is 4. The molecule has 0 aromatic heterocycles. The van der Waals surface area contributed by atoms with Crippen LogP contribution in [0.2, 0.25) is 0 Å². The van der Waals surface area contributed by atoms with Gasteiger partial charge in [0.1, 0.15) is 0 Å². The molecule has 0 radical (unpaired) electrons. The second kappa shape index (κ2) is 6.54. The van der Waals surface area contributed by atoms with Crippen molar-refractivity contribution in [1.29, 1.82) is 0 Å². The average molecular weight is 289 g/mol.